The Labute approximate surface area is 94.5 Å². The zero-order valence-electron chi connectivity index (χ0n) is 8.81. The highest BCUT2D eigenvalue weighted by molar-refractivity contribution is 6.32. The lowest BCUT2D eigenvalue weighted by molar-refractivity contribution is -0.125. The number of benzene rings is 1. The molecule has 0 radical (unpaired) electrons. The van der Waals surface area contributed by atoms with Gasteiger partial charge in [0.2, 0.25) is 0 Å². The molecule has 1 aromatic carbocycles. The van der Waals surface area contributed by atoms with E-state index in [0.29, 0.717) is 12.3 Å². The Morgan fingerprint density at radius 2 is 2.07 bits per heavy atom. The van der Waals surface area contributed by atoms with E-state index in [9.17, 15) is 4.79 Å². The minimum atomic E-state index is -0.600. The van der Waals surface area contributed by atoms with E-state index in [1.54, 1.807) is 19.1 Å². The summed E-state index contributed by atoms with van der Waals surface area (Å²) in [5.74, 6) is -0.260. The molecule has 1 amide bonds. The number of hydrogen-bond acceptors (Lipinski definition) is 2. The normalized spacial score (nSPS) is 12.2. The standard InChI is InChI=1S/C11H14ClNO2/c1-3-15-13(11(14)9(2)12)10-7-5-4-6-8-10/h4-9H,3H2,1-2H3. The third kappa shape index (κ3) is 3.22. The molecule has 0 heterocycles. The molecule has 1 aromatic rings. The van der Waals surface area contributed by atoms with Crippen LogP contribution in [0.2, 0.25) is 0 Å². The van der Waals surface area contributed by atoms with Gasteiger partial charge in [0, 0.05) is 0 Å². The average molecular weight is 228 g/mol. The second kappa shape index (κ2) is 5.73. The summed E-state index contributed by atoms with van der Waals surface area (Å²) in [6.07, 6.45) is 0. The molecule has 4 heteroatoms. The number of nitrogens with zero attached hydrogens (tertiary/aromatic N) is 1. The number of alkyl halides is 1. The summed E-state index contributed by atoms with van der Waals surface area (Å²) in [5.41, 5.74) is 0.692. The molecule has 1 rings (SSSR count). The summed E-state index contributed by atoms with van der Waals surface area (Å²) in [6, 6.07) is 9.16. The minimum Gasteiger partial charge on any atom is -0.270 e. The third-order valence-electron chi connectivity index (χ3n) is 1.79. The molecule has 82 valence electrons. The van der Waals surface area contributed by atoms with Crippen molar-refractivity contribution < 1.29 is 9.63 Å². The van der Waals surface area contributed by atoms with Gasteiger partial charge in [0.25, 0.3) is 5.91 Å². The summed E-state index contributed by atoms with van der Waals surface area (Å²) in [4.78, 5) is 17.0. The maximum absolute atomic E-state index is 11.7. The average Bonchev–Trinajstić information content (AvgIpc) is 2.26. The van der Waals surface area contributed by atoms with E-state index in [1.165, 1.54) is 5.06 Å². The van der Waals surface area contributed by atoms with Crippen LogP contribution in [0, 0.1) is 0 Å². The van der Waals surface area contributed by atoms with Crippen LogP contribution < -0.4 is 5.06 Å². The largest absolute Gasteiger partial charge is 0.270 e. The number of halogens is 1. The predicted molar refractivity (Wildman–Crippen MR) is 60.9 cm³/mol. The number of anilines is 1. The molecule has 1 unspecified atom stereocenters. The first-order chi connectivity index (χ1) is 7.16. The van der Waals surface area contributed by atoms with Crippen molar-refractivity contribution >= 4 is 23.2 Å². The van der Waals surface area contributed by atoms with Crippen molar-refractivity contribution in [3.63, 3.8) is 0 Å². The topological polar surface area (TPSA) is 29.5 Å². The Hall–Kier alpha value is -1.06. The number of carbonyl (C=O) groups is 1. The van der Waals surface area contributed by atoms with Crippen LogP contribution >= 0.6 is 11.6 Å². The van der Waals surface area contributed by atoms with Crippen LogP contribution in [-0.4, -0.2) is 17.9 Å². The second-order valence-corrected chi connectivity index (χ2v) is 3.66. The summed E-state index contributed by atoms with van der Waals surface area (Å²) in [7, 11) is 0. The monoisotopic (exact) mass is 227 g/mol. The molecule has 0 aromatic heterocycles. The number of hydroxylamine groups is 1. The summed E-state index contributed by atoms with van der Waals surface area (Å²) >= 11 is 5.74. The molecule has 3 nitrogen and oxygen atoms in total. The summed E-state index contributed by atoms with van der Waals surface area (Å²) in [6.45, 7) is 3.87. The Kier molecular flexibility index (Phi) is 4.59. The first-order valence-corrected chi connectivity index (χ1v) is 5.26. The van der Waals surface area contributed by atoms with Crippen LogP contribution in [0.4, 0.5) is 5.69 Å². The number of amides is 1. The Morgan fingerprint density at radius 1 is 1.47 bits per heavy atom. The van der Waals surface area contributed by atoms with Crippen molar-refractivity contribution in [1.29, 1.82) is 0 Å². The maximum Gasteiger partial charge on any atom is 0.268 e. The van der Waals surface area contributed by atoms with Crippen molar-refractivity contribution in [2.24, 2.45) is 0 Å². The van der Waals surface area contributed by atoms with Crippen LogP contribution in [0.15, 0.2) is 30.3 Å². The van der Waals surface area contributed by atoms with Gasteiger partial charge < -0.3 is 0 Å². The molecule has 15 heavy (non-hydrogen) atoms. The molecule has 0 bridgehead atoms. The fourth-order valence-electron chi connectivity index (χ4n) is 1.12. The first kappa shape index (κ1) is 12.0. The summed E-state index contributed by atoms with van der Waals surface area (Å²) < 4.78 is 0. The highest BCUT2D eigenvalue weighted by atomic mass is 35.5. The van der Waals surface area contributed by atoms with Crippen LogP contribution in [0.5, 0.6) is 0 Å². The van der Waals surface area contributed by atoms with Gasteiger partial charge in [-0.15, -0.1) is 11.6 Å². The van der Waals surface area contributed by atoms with Crippen molar-refractivity contribution in [2.45, 2.75) is 19.2 Å². The molecule has 0 spiro atoms. The van der Waals surface area contributed by atoms with Crippen LogP contribution in [0.3, 0.4) is 0 Å². The van der Waals surface area contributed by atoms with E-state index in [4.69, 9.17) is 16.4 Å². The molecule has 1 atom stereocenters. The number of hydrogen-bond donors (Lipinski definition) is 0. The predicted octanol–water partition coefficient (Wildman–Crippen LogP) is 2.60. The van der Waals surface area contributed by atoms with Crippen LogP contribution in [0.25, 0.3) is 0 Å². The molecule has 0 N–H and O–H groups in total. The van der Waals surface area contributed by atoms with Crippen LogP contribution in [-0.2, 0) is 9.63 Å². The molecular formula is C11H14ClNO2. The van der Waals surface area contributed by atoms with Gasteiger partial charge in [0.1, 0.15) is 5.38 Å². The number of rotatable bonds is 4. The van der Waals surface area contributed by atoms with Gasteiger partial charge in [0.15, 0.2) is 0 Å². The number of para-hydroxylation sites is 1. The molecule has 0 aliphatic heterocycles. The van der Waals surface area contributed by atoms with E-state index in [1.807, 2.05) is 25.1 Å². The second-order valence-electron chi connectivity index (χ2n) is 3.00. The third-order valence-corrected chi connectivity index (χ3v) is 1.98. The van der Waals surface area contributed by atoms with Gasteiger partial charge in [-0.2, -0.15) is 5.06 Å². The lowest BCUT2D eigenvalue weighted by atomic mass is 10.3. The van der Waals surface area contributed by atoms with E-state index in [0.717, 1.165) is 0 Å². The Morgan fingerprint density at radius 3 is 2.53 bits per heavy atom. The highest BCUT2D eigenvalue weighted by Gasteiger charge is 2.20. The van der Waals surface area contributed by atoms with Gasteiger partial charge in [0.05, 0.1) is 12.3 Å². The first-order valence-electron chi connectivity index (χ1n) is 4.82. The van der Waals surface area contributed by atoms with Crippen molar-refractivity contribution in [2.75, 3.05) is 11.7 Å². The van der Waals surface area contributed by atoms with E-state index < -0.39 is 5.38 Å². The van der Waals surface area contributed by atoms with Crippen LogP contribution in [0.1, 0.15) is 13.8 Å². The highest BCUT2D eigenvalue weighted by Crippen LogP contribution is 2.16. The Bertz CT molecular complexity index is 314. The fraction of sp³-hybridized carbons (Fsp3) is 0.364. The lowest BCUT2D eigenvalue weighted by Crippen LogP contribution is -2.35. The summed E-state index contributed by atoms with van der Waals surface area (Å²) in [5, 5.41) is 0.634. The number of carbonyl (C=O) groups excluding carboxylic acids is 1. The molecule has 0 saturated heterocycles. The van der Waals surface area contributed by atoms with Crippen molar-refractivity contribution in [3.8, 4) is 0 Å². The van der Waals surface area contributed by atoms with Gasteiger partial charge >= 0.3 is 0 Å². The van der Waals surface area contributed by atoms with Gasteiger partial charge in [-0.3, -0.25) is 9.63 Å². The van der Waals surface area contributed by atoms with E-state index in [2.05, 4.69) is 0 Å². The molecule has 0 aliphatic rings. The van der Waals surface area contributed by atoms with E-state index >= 15 is 0 Å². The SMILES string of the molecule is CCON(C(=O)C(C)Cl)c1ccccc1. The molecular weight excluding hydrogens is 214 g/mol. The van der Waals surface area contributed by atoms with Gasteiger partial charge in [-0.25, -0.2) is 0 Å². The molecule has 0 fully saturated rings. The Balaban J connectivity index is 2.88. The smallest absolute Gasteiger partial charge is 0.268 e. The molecule has 0 aliphatic carbocycles. The zero-order chi connectivity index (χ0) is 11.3. The van der Waals surface area contributed by atoms with E-state index in [-0.39, 0.29) is 5.91 Å². The molecule has 0 saturated carbocycles. The minimum absolute atomic E-state index is 0.260. The maximum atomic E-state index is 11.7. The van der Waals surface area contributed by atoms with Gasteiger partial charge in [-0.1, -0.05) is 18.2 Å². The quantitative estimate of drug-likeness (QED) is 0.585. The fourth-order valence-corrected chi connectivity index (χ4v) is 1.21. The lowest BCUT2D eigenvalue weighted by Gasteiger charge is -2.22. The van der Waals surface area contributed by atoms with Crippen molar-refractivity contribution in [1.82, 2.24) is 0 Å². The van der Waals surface area contributed by atoms with Gasteiger partial charge in [-0.05, 0) is 26.0 Å². The van der Waals surface area contributed by atoms with Crippen molar-refractivity contribution in [3.05, 3.63) is 30.3 Å². The zero-order valence-corrected chi connectivity index (χ0v) is 9.57.